The van der Waals surface area contributed by atoms with Gasteiger partial charge in [0.2, 0.25) is 0 Å². The van der Waals surface area contributed by atoms with Crippen LogP contribution in [0.1, 0.15) is 5.56 Å². The third kappa shape index (κ3) is 7.76. The van der Waals surface area contributed by atoms with Crippen molar-refractivity contribution in [3.63, 3.8) is 0 Å². The van der Waals surface area contributed by atoms with Crippen LogP contribution in [0, 0.1) is 11.3 Å². The molecule has 0 aromatic heterocycles. The van der Waals surface area contributed by atoms with Gasteiger partial charge >= 0.3 is 0 Å². The average Bonchev–Trinajstić information content (AvgIpc) is 2.32. The van der Waals surface area contributed by atoms with E-state index in [1.165, 1.54) is 0 Å². The summed E-state index contributed by atoms with van der Waals surface area (Å²) in [5, 5.41) is 27.4. The highest BCUT2D eigenvalue weighted by Crippen LogP contribution is 2.02. The second-order valence-corrected chi connectivity index (χ2v) is 2.93. The van der Waals surface area contributed by atoms with Gasteiger partial charge in [-0.15, -0.1) is 0 Å². The fourth-order valence-corrected chi connectivity index (χ4v) is 0.841. The van der Waals surface area contributed by atoms with Gasteiger partial charge in [-0.1, -0.05) is 0 Å². The molecule has 5 N–H and O–H groups in total. The molecule has 0 aliphatic rings. The van der Waals surface area contributed by atoms with E-state index in [1.807, 2.05) is 6.07 Å². The second-order valence-electron chi connectivity index (χ2n) is 2.93. The summed E-state index contributed by atoms with van der Waals surface area (Å²) in [6.45, 7) is 1.42. The molecule has 0 aliphatic carbocycles. The summed E-state index contributed by atoms with van der Waals surface area (Å²) in [4.78, 5) is 0. The van der Waals surface area contributed by atoms with Crippen molar-refractivity contribution in [3.05, 3.63) is 29.8 Å². The van der Waals surface area contributed by atoms with Crippen molar-refractivity contribution in [1.82, 2.24) is 5.32 Å². The lowest BCUT2D eigenvalue weighted by Crippen LogP contribution is -2.21. The molecule has 1 aromatic rings. The molecule has 1 rings (SSSR count). The Morgan fingerprint density at radius 1 is 1.12 bits per heavy atom. The van der Waals surface area contributed by atoms with Crippen LogP contribution in [0.3, 0.4) is 0 Å². The lowest BCUT2D eigenvalue weighted by atomic mass is 10.2. The monoisotopic (exact) mass is 223 g/mol. The molecule has 0 radical (unpaired) electrons. The summed E-state index contributed by atoms with van der Waals surface area (Å²) in [6, 6.07) is 8.79. The van der Waals surface area contributed by atoms with Crippen LogP contribution in [-0.2, 0) is 0 Å². The Morgan fingerprint density at radius 2 is 1.62 bits per heavy atom. The van der Waals surface area contributed by atoms with Crippen LogP contribution in [0.15, 0.2) is 24.3 Å². The fraction of sp³-hybridized carbons (Fsp3) is 0.364. The highest BCUT2D eigenvalue weighted by Gasteiger charge is 1.85. The van der Waals surface area contributed by atoms with Crippen molar-refractivity contribution < 1.29 is 10.2 Å². The molecule has 0 bridgehead atoms. The molecule has 0 unspecified atom stereocenters. The van der Waals surface area contributed by atoms with E-state index in [1.54, 1.807) is 24.3 Å². The third-order valence-corrected chi connectivity index (χ3v) is 1.62. The molecule has 0 spiro atoms. The van der Waals surface area contributed by atoms with Gasteiger partial charge in [0.1, 0.15) is 0 Å². The highest BCUT2D eigenvalue weighted by atomic mass is 16.3. The van der Waals surface area contributed by atoms with Crippen LogP contribution in [-0.4, -0.2) is 36.5 Å². The number of benzene rings is 1. The maximum absolute atomic E-state index is 8.34. The summed E-state index contributed by atoms with van der Waals surface area (Å²) in [6.07, 6.45) is 0. The van der Waals surface area contributed by atoms with E-state index in [0.29, 0.717) is 24.3 Å². The van der Waals surface area contributed by atoms with Crippen LogP contribution >= 0.6 is 0 Å². The number of nitrogen functional groups attached to an aromatic ring is 1. The van der Waals surface area contributed by atoms with Gasteiger partial charge in [0.15, 0.2) is 0 Å². The quantitative estimate of drug-likeness (QED) is 0.414. The third-order valence-electron chi connectivity index (χ3n) is 1.62. The van der Waals surface area contributed by atoms with Crippen molar-refractivity contribution in [3.8, 4) is 6.07 Å². The minimum Gasteiger partial charge on any atom is -0.399 e. The molecular formula is C11H17N3O2. The van der Waals surface area contributed by atoms with E-state index in [0.717, 1.165) is 0 Å². The number of anilines is 1. The molecule has 16 heavy (non-hydrogen) atoms. The average molecular weight is 223 g/mol. The van der Waals surface area contributed by atoms with E-state index in [2.05, 4.69) is 5.32 Å². The molecule has 0 saturated carbocycles. The number of aliphatic hydroxyl groups excluding tert-OH is 2. The van der Waals surface area contributed by atoms with E-state index >= 15 is 0 Å². The first-order valence-electron chi connectivity index (χ1n) is 4.92. The number of nitrogens with one attached hydrogen (secondary N) is 1. The molecule has 0 fully saturated rings. The molecule has 0 heterocycles. The van der Waals surface area contributed by atoms with E-state index < -0.39 is 0 Å². The number of nitrogens with zero attached hydrogens (tertiary/aromatic N) is 1. The molecule has 5 heteroatoms. The van der Waals surface area contributed by atoms with Gasteiger partial charge in [0.25, 0.3) is 0 Å². The van der Waals surface area contributed by atoms with Gasteiger partial charge in [0, 0.05) is 18.8 Å². The predicted octanol–water partition coefficient (Wildman–Crippen LogP) is -0.299. The lowest BCUT2D eigenvalue weighted by molar-refractivity contribution is 0.267. The maximum Gasteiger partial charge on any atom is 0.0991 e. The second kappa shape index (κ2) is 9.93. The van der Waals surface area contributed by atoms with Crippen molar-refractivity contribution in [1.29, 1.82) is 5.26 Å². The van der Waals surface area contributed by atoms with Crippen LogP contribution in [0.4, 0.5) is 5.69 Å². The van der Waals surface area contributed by atoms with Crippen molar-refractivity contribution in [2.75, 3.05) is 32.0 Å². The summed E-state index contributed by atoms with van der Waals surface area (Å²) < 4.78 is 0. The minimum atomic E-state index is 0.139. The normalized spacial score (nSPS) is 8.81. The molecule has 0 amide bonds. The Morgan fingerprint density at radius 3 is 2.00 bits per heavy atom. The Bertz CT molecular complexity index is 302. The molecule has 0 aliphatic heterocycles. The molecular weight excluding hydrogens is 206 g/mol. The Kier molecular flexibility index (Phi) is 8.93. The zero-order chi connectivity index (χ0) is 12.2. The number of aliphatic hydroxyl groups is 2. The number of rotatable bonds is 4. The van der Waals surface area contributed by atoms with Crippen molar-refractivity contribution in [2.45, 2.75) is 0 Å². The zero-order valence-electron chi connectivity index (χ0n) is 9.06. The van der Waals surface area contributed by atoms with E-state index in [9.17, 15) is 0 Å². The lowest BCUT2D eigenvalue weighted by Gasteiger charge is -1.94. The fourth-order valence-electron chi connectivity index (χ4n) is 0.841. The van der Waals surface area contributed by atoms with E-state index in [4.69, 9.17) is 21.2 Å². The van der Waals surface area contributed by atoms with Crippen LogP contribution in [0.5, 0.6) is 0 Å². The van der Waals surface area contributed by atoms with Gasteiger partial charge in [-0.2, -0.15) is 5.26 Å². The SMILES string of the molecule is N#Cc1ccc(N)cc1.OCCNCCO. The molecule has 0 saturated heterocycles. The molecule has 5 nitrogen and oxygen atoms in total. The van der Waals surface area contributed by atoms with Gasteiger partial charge in [-0.3, -0.25) is 0 Å². The van der Waals surface area contributed by atoms with Crippen molar-refractivity contribution in [2.24, 2.45) is 0 Å². The van der Waals surface area contributed by atoms with Crippen molar-refractivity contribution >= 4 is 5.69 Å². The van der Waals surface area contributed by atoms with Gasteiger partial charge in [-0.25, -0.2) is 0 Å². The first kappa shape index (κ1) is 14.4. The summed E-state index contributed by atoms with van der Waals surface area (Å²) in [5.41, 5.74) is 6.70. The highest BCUT2D eigenvalue weighted by molar-refractivity contribution is 5.42. The van der Waals surface area contributed by atoms with E-state index in [-0.39, 0.29) is 13.2 Å². The zero-order valence-corrected chi connectivity index (χ0v) is 9.06. The van der Waals surface area contributed by atoms with Gasteiger partial charge in [0.05, 0.1) is 24.8 Å². The number of hydrogen-bond donors (Lipinski definition) is 4. The Hall–Kier alpha value is -1.61. The number of nitrogens with two attached hydrogens (primary N) is 1. The smallest absolute Gasteiger partial charge is 0.0991 e. The van der Waals surface area contributed by atoms with Gasteiger partial charge < -0.3 is 21.3 Å². The summed E-state index contributed by atoms with van der Waals surface area (Å²) in [7, 11) is 0. The first-order valence-corrected chi connectivity index (χ1v) is 4.92. The first-order chi connectivity index (χ1) is 7.74. The van der Waals surface area contributed by atoms with Gasteiger partial charge in [-0.05, 0) is 24.3 Å². The van der Waals surface area contributed by atoms with Crippen LogP contribution in [0.25, 0.3) is 0 Å². The largest absolute Gasteiger partial charge is 0.399 e. The Balaban J connectivity index is 0.000000293. The molecule has 88 valence electrons. The topological polar surface area (TPSA) is 102 Å². The Labute approximate surface area is 95.1 Å². The number of nitriles is 1. The summed E-state index contributed by atoms with van der Waals surface area (Å²) >= 11 is 0. The maximum atomic E-state index is 8.34. The predicted molar refractivity (Wildman–Crippen MR) is 62.6 cm³/mol. The minimum absolute atomic E-state index is 0.139. The molecule has 0 atom stereocenters. The standard InChI is InChI=1S/C7H6N2.C4H11NO2/c8-5-6-1-3-7(9)4-2-6;6-3-1-5-2-4-7/h1-4H,9H2;5-7H,1-4H2. The van der Waals surface area contributed by atoms with Crippen LogP contribution < -0.4 is 11.1 Å². The summed E-state index contributed by atoms with van der Waals surface area (Å²) in [5.74, 6) is 0. The number of hydrogen-bond acceptors (Lipinski definition) is 5. The molecule has 1 aromatic carbocycles. The van der Waals surface area contributed by atoms with Crippen LogP contribution in [0.2, 0.25) is 0 Å².